The van der Waals surface area contributed by atoms with Gasteiger partial charge in [-0.05, 0) is 43.4 Å². The number of ether oxygens (including phenoxy) is 1. The Labute approximate surface area is 151 Å². The first-order valence-electron chi connectivity index (χ1n) is 8.52. The number of nitrogens with zero attached hydrogens (tertiary/aromatic N) is 4. The predicted octanol–water partition coefficient (Wildman–Crippen LogP) is 3.75. The Bertz CT molecular complexity index is 871. The van der Waals surface area contributed by atoms with Crippen LogP contribution in [-0.4, -0.2) is 32.7 Å². The average molecular weight is 358 g/mol. The van der Waals surface area contributed by atoms with Gasteiger partial charge < -0.3 is 10.1 Å². The minimum atomic E-state index is -0.0172. The molecule has 1 aromatic carbocycles. The van der Waals surface area contributed by atoms with Gasteiger partial charge in [0.1, 0.15) is 6.23 Å². The number of aryl methyl sites for hydroxylation is 1. The number of fused-ring (bicyclic) bond motifs is 1. The second-order valence-corrected chi connectivity index (χ2v) is 6.63. The molecule has 1 N–H and O–H groups in total. The minimum absolute atomic E-state index is 0.0172. The average Bonchev–Trinajstić information content (AvgIpc) is 3.25. The summed E-state index contributed by atoms with van der Waals surface area (Å²) in [5.74, 6) is 0.666. The van der Waals surface area contributed by atoms with Crippen LogP contribution < -0.4 is 5.32 Å². The van der Waals surface area contributed by atoms with Crippen LogP contribution in [0.15, 0.2) is 30.6 Å². The van der Waals surface area contributed by atoms with Crippen molar-refractivity contribution in [2.24, 2.45) is 0 Å². The molecule has 0 aliphatic carbocycles. The number of aromatic nitrogens is 4. The maximum absolute atomic E-state index is 6.13. The first-order valence-corrected chi connectivity index (χ1v) is 8.89. The van der Waals surface area contributed by atoms with Gasteiger partial charge in [0.15, 0.2) is 17.0 Å². The van der Waals surface area contributed by atoms with Crippen LogP contribution in [0.4, 0.5) is 5.82 Å². The van der Waals surface area contributed by atoms with Gasteiger partial charge in [-0.1, -0.05) is 29.8 Å². The number of hydrogen-bond donors (Lipinski definition) is 1. The largest absolute Gasteiger partial charge is 0.368 e. The van der Waals surface area contributed by atoms with Crippen LogP contribution in [0.5, 0.6) is 0 Å². The molecule has 0 saturated carbocycles. The van der Waals surface area contributed by atoms with Crippen molar-refractivity contribution in [3.05, 3.63) is 47.0 Å². The molecule has 0 unspecified atom stereocenters. The van der Waals surface area contributed by atoms with Crippen molar-refractivity contribution in [1.82, 2.24) is 19.5 Å². The van der Waals surface area contributed by atoms with E-state index in [0.717, 1.165) is 37.9 Å². The van der Waals surface area contributed by atoms with Crippen molar-refractivity contribution in [3.63, 3.8) is 0 Å². The molecule has 6 nitrogen and oxygen atoms in total. The van der Waals surface area contributed by atoms with Gasteiger partial charge in [0, 0.05) is 13.2 Å². The zero-order valence-electron chi connectivity index (χ0n) is 14.1. The summed E-state index contributed by atoms with van der Waals surface area (Å²) in [6, 6.07) is 8.54. The number of anilines is 1. The fourth-order valence-corrected chi connectivity index (χ4v) is 3.25. The SMILES string of the molecule is Cc1ccc(CCNc2nc(Cl)nc3c2ncn3[C@H]2CCCO2)cc1. The molecule has 7 heteroatoms. The fourth-order valence-electron chi connectivity index (χ4n) is 3.08. The molecule has 1 fully saturated rings. The summed E-state index contributed by atoms with van der Waals surface area (Å²) in [4.78, 5) is 13.1. The quantitative estimate of drug-likeness (QED) is 0.704. The zero-order valence-corrected chi connectivity index (χ0v) is 14.8. The van der Waals surface area contributed by atoms with E-state index in [1.165, 1.54) is 11.1 Å². The summed E-state index contributed by atoms with van der Waals surface area (Å²) in [5, 5.41) is 3.56. The van der Waals surface area contributed by atoms with Gasteiger partial charge in [-0.15, -0.1) is 0 Å². The number of rotatable bonds is 5. The van der Waals surface area contributed by atoms with Crippen molar-refractivity contribution >= 4 is 28.6 Å². The Morgan fingerprint density at radius 3 is 2.88 bits per heavy atom. The molecule has 0 spiro atoms. The van der Waals surface area contributed by atoms with Crippen LogP contribution in [0.3, 0.4) is 0 Å². The molecule has 0 amide bonds. The van der Waals surface area contributed by atoms with Crippen molar-refractivity contribution in [2.75, 3.05) is 18.5 Å². The van der Waals surface area contributed by atoms with E-state index < -0.39 is 0 Å². The second kappa shape index (κ2) is 6.98. The van der Waals surface area contributed by atoms with E-state index in [-0.39, 0.29) is 11.5 Å². The third-order valence-corrected chi connectivity index (χ3v) is 4.61. The van der Waals surface area contributed by atoms with Crippen LogP contribution in [0.2, 0.25) is 5.28 Å². The molecule has 0 bridgehead atoms. The molecule has 1 saturated heterocycles. The highest BCUT2D eigenvalue weighted by atomic mass is 35.5. The topological polar surface area (TPSA) is 64.9 Å². The summed E-state index contributed by atoms with van der Waals surface area (Å²) in [6.45, 7) is 3.61. The van der Waals surface area contributed by atoms with Crippen molar-refractivity contribution in [1.29, 1.82) is 0 Å². The highest BCUT2D eigenvalue weighted by molar-refractivity contribution is 6.28. The van der Waals surface area contributed by atoms with E-state index in [9.17, 15) is 0 Å². The van der Waals surface area contributed by atoms with E-state index in [4.69, 9.17) is 16.3 Å². The third kappa shape index (κ3) is 3.45. The zero-order chi connectivity index (χ0) is 17.2. The summed E-state index contributed by atoms with van der Waals surface area (Å²) < 4.78 is 7.68. The lowest BCUT2D eigenvalue weighted by Crippen LogP contribution is -2.09. The summed E-state index contributed by atoms with van der Waals surface area (Å²) in [6.07, 6.45) is 4.65. The molecule has 2 aromatic heterocycles. The summed E-state index contributed by atoms with van der Waals surface area (Å²) in [7, 11) is 0. The molecule has 1 aliphatic heterocycles. The second-order valence-electron chi connectivity index (χ2n) is 6.30. The lowest BCUT2D eigenvalue weighted by molar-refractivity contribution is 0.0593. The van der Waals surface area contributed by atoms with Gasteiger partial charge >= 0.3 is 0 Å². The van der Waals surface area contributed by atoms with Crippen molar-refractivity contribution < 1.29 is 4.74 Å². The molecule has 0 radical (unpaired) electrons. The number of imidazole rings is 1. The van der Waals surface area contributed by atoms with Crippen LogP contribution in [0, 0.1) is 6.92 Å². The summed E-state index contributed by atoms with van der Waals surface area (Å²) in [5.41, 5.74) is 3.98. The molecule has 3 aromatic rings. The molecule has 1 atom stereocenters. The highest BCUT2D eigenvalue weighted by Gasteiger charge is 2.22. The van der Waals surface area contributed by atoms with Gasteiger partial charge in [0.2, 0.25) is 5.28 Å². The van der Waals surface area contributed by atoms with Gasteiger partial charge in [0.05, 0.1) is 6.33 Å². The van der Waals surface area contributed by atoms with Crippen LogP contribution in [-0.2, 0) is 11.2 Å². The monoisotopic (exact) mass is 357 g/mol. The fraction of sp³-hybridized carbons (Fsp3) is 0.389. The third-order valence-electron chi connectivity index (χ3n) is 4.44. The van der Waals surface area contributed by atoms with E-state index in [1.54, 1.807) is 6.33 Å². The molecule has 3 heterocycles. The van der Waals surface area contributed by atoms with Crippen molar-refractivity contribution in [3.8, 4) is 0 Å². The molecule has 4 rings (SSSR count). The number of benzene rings is 1. The number of hydrogen-bond acceptors (Lipinski definition) is 5. The Hall–Kier alpha value is -2.18. The molecule has 130 valence electrons. The first-order chi connectivity index (χ1) is 12.2. The first kappa shape index (κ1) is 16.3. The molecule has 25 heavy (non-hydrogen) atoms. The highest BCUT2D eigenvalue weighted by Crippen LogP contribution is 2.28. The lowest BCUT2D eigenvalue weighted by Gasteiger charge is -2.12. The Morgan fingerprint density at radius 2 is 2.12 bits per heavy atom. The van der Waals surface area contributed by atoms with Gasteiger partial charge in [-0.3, -0.25) is 4.57 Å². The molecule has 1 aliphatic rings. The Morgan fingerprint density at radius 1 is 1.28 bits per heavy atom. The Kier molecular flexibility index (Phi) is 4.55. The summed E-state index contributed by atoms with van der Waals surface area (Å²) >= 11 is 6.13. The standard InChI is InChI=1S/C18H20ClN5O/c1-12-4-6-13(7-5-12)8-9-20-16-15-17(23-18(19)22-16)24(11-21-15)14-3-2-10-25-14/h4-7,11,14H,2-3,8-10H2,1H3,(H,20,22,23)/t14-/m1/s1. The van der Waals surface area contributed by atoms with E-state index >= 15 is 0 Å². The number of nitrogens with one attached hydrogen (secondary N) is 1. The Balaban J connectivity index is 1.53. The normalized spacial score (nSPS) is 17.3. The minimum Gasteiger partial charge on any atom is -0.368 e. The lowest BCUT2D eigenvalue weighted by atomic mass is 10.1. The van der Waals surface area contributed by atoms with E-state index in [0.29, 0.717) is 11.5 Å². The maximum Gasteiger partial charge on any atom is 0.226 e. The van der Waals surface area contributed by atoms with E-state index in [2.05, 4.69) is 51.5 Å². The van der Waals surface area contributed by atoms with E-state index in [1.807, 2.05) is 4.57 Å². The van der Waals surface area contributed by atoms with Gasteiger partial charge in [-0.25, -0.2) is 4.98 Å². The number of halogens is 1. The maximum atomic E-state index is 6.13. The van der Waals surface area contributed by atoms with Crippen LogP contribution in [0.1, 0.15) is 30.2 Å². The van der Waals surface area contributed by atoms with Gasteiger partial charge in [-0.2, -0.15) is 9.97 Å². The molecular weight excluding hydrogens is 338 g/mol. The van der Waals surface area contributed by atoms with Gasteiger partial charge in [0.25, 0.3) is 0 Å². The van der Waals surface area contributed by atoms with Crippen LogP contribution >= 0.6 is 11.6 Å². The predicted molar refractivity (Wildman–Crippen MR) is 97.9 cm³/mol. The van der Waals surface area contributed by atoms with Crippen molar-refractivity contribution in [2.45, 2.75) is 32.4 Å². The smallest absolute Gasteiger partial charge is 0.226 e. The van der Waals surface area contributed by atoms with Crippen LogP contribution in [0.25, 0.3) is 11.2 Å². The molecular formula is C18H20ClN5O.